The van der Waals surface area contributed by atoms with Crippen LogP contribution in [0.2, 0.25) is 0 Å². The number of carbonyl (C=O) groups is 1. The lowest BCUT2D eigenvalue weighted by atomic mass is 10.1. The molecular weight excluding hydrogens is 249 g/mol. The molecule has 76 valence electrons. The molecule has 0 aliphatic carbocycles. The highest BCUT2D eigenvalue weighted by molar-refractivity contribution is 9.10. The van der Waals surface area contributed by atoms with Crippen LogP contribution in [-0.4, -0.2) is 24.9 Å². The smallest absolute Gasteiger partial charge is 0.253 e. The summed E-state index contributed by atoms with van der Waals surface area (Å²) >= 11 is 3.10. The van der Waals surface area contributed by atoms with Gasteiger partial charge in [-0.1, -0.05) is 0 Å². The SMILES string of the molecule is Cc1cc(C(=O)N(C)C)cc(F)c1Br. The van der Waals surface area contributed by atoms with Crippen molar-refractivity contribution in [2.24, 2.45) is 0 Å². The number of hydrogen-bond donors (Lipinski definition) is 0. The minimum atomic E-state index is -0.407. The topological polar surface area (TPSA) is 20.3 Å². The molecule has 0 bridgehead atoms. The maximum Gasteiger partial charge on any atom is 0.253 e. The van der Waals surface area contributed by atoms with Gasteiger partial charge in [0.25, 0.3) is 5.91 Å². The summed E-state index contributed by atoms with van der Waals surface area (Å²) in [6, 6.07) is 2.90. The first-order valence-corrected chi connectivity index (χ1v) is 4.90. The van der Waals surface area contributed by atoms with E-state index in [1.807, 2.05) is 0 Å². The van der Waals surface area contributed by atoms with Crippen molar-refractivity contribution in [3.63, 3.8) is 0 Å². The summed E-state index contributed by atoms with van der Waals surface area (Å²) in [5.41, 5.74) is 1.09. The molecule has 14 heavy (non-hydrogen) atoms. The third-order valence-corrected chi connectivity index (χ3v) is 2.87. The van der Waals surface area contributed by atoms with Gasteiger partial charge in [-0.25, -0.2) is 4.39 Å². The number of nitrogens with zero attached hydrogens (tertiary/aromatic N) is 1. The van der Waals surface area contributed by atoms with Crippen LogP contribution in [0.5, 0.6) is 0 Å². The molecule has 0 spiro atoms. The van der Waals surface area contributed by atoms with Crippen LogP contribution >= 0.6 is 15.9 Å². The number of aryl methyl sites for hydroxylation is 1. The summed E-state index contributed by atoms with van der Waals surface area (Å²) in [5, 5.41) is 0. The molecule has 0 aliphatic rings. The van der Waals surface area contributed by atoms with Crippen LogP contribution in [0.15, 0.2) is 16.6 Å². The van der Waals surface area contributed by atoms with Crippen molar-refractivity contribution in [3.8, 4) is 0 Å². The zero-order valence-corrected chi connectivity index (χ0v) is 9.85. The van der Waals surface area contributed by atoms with Crippen molar-refractivity contribution in [2.45, 2.75) is 6.92 Å². The second-order valence-corrected chi connectivity index (χ2v) is 4.08. The Kier molecular flexibility index (Phi) is 3.26. The van der Waals surface area contributed by atoms with E-state index < -0.39 is 5.82 Å². The van der Waals surface area contributed by atoms with Crippen molar-refractivity contribution < 1.29 is 9.18 Å². The third-order valence-electron chi connectivity index (χ3n) is 1.86. The van der Waals surface area contributed by atoms with Crippen LogP contribution in [-0.2, 0) is 0 Å². The summed E-state index contributed by atoms with van der Waals surface area (Å²) in [5.74, 6) is -0.602. The monoisotopic (exact) mass is 259 g/mol. The Hall–Kier alpha value is -0.900. The summed E-state index contributed by atoms with van der Waals surface area (Å²) in [6.45, 7) is 1.75. The van der Waals surface area contributed by atoms with E-state index in [4.69, 9.17) is 0 Å². The van der Waals surface area contributed by atoms with Crippen molar-refractivity contribution in [3.05, 3.63) is 33.5 Å². The normalized spacial score (nSPS) is 10.1. The number of carbonyl (C=O) groups excluding carboxylic acids is 1. The fraction of sp³-hybridized carbons (Fsp3) is 0.300. The summed E-state index contributed by atoms with van der Waals surface area (Å²) in [6.07, 6.45) is 0. The lowest BCUT2D eigenvalue weighted by Crippen LogP contribution is -2.21. The van der Waals surface area contributed by atoms with Gasteiger partial charge in [0.1, 0.15) is 5.82 Å². The van der Waals surface area contributed by atoms with Crippen molar-refractivity contribution in [2.75, 3.05) is 14.1 Å². The molecule has 2 nitrogen and oxygen atoms in total. The standard InChI is InChI=1S/C10H11BrFNO/c1-6-4-7(10(14)13(2)3)5-8(12)9(6)11/h4-5H,1-3H3. The first-order valence-electron chi connectivity index (χ1n) is 4.10. The van der Waals surface area contributed by atoms with Crippen LogP contribution in [0.3, 0.4) is 0 Å². The molecule has 0 unspecified atom stereocenters. The van der Waals surface area contributed by atoms with Gasteiger partial charge in [-0.3, -0.25) is 4.79 Å². The Balaban J connectivity index is 3.19. The fourth-order valence-corrected chi connectivity index (χ4v) is 1.34. The van der Waals surface area contributed by atoms with E-state index in [1.165, 1.54) is 11.0 Å². The predicted octanol–water partition coefficient (Wildman–Crippen LogP) is 2.60. The minimum absolute atomic E-state index is 0.195. The molecule has 0 radical (unpaired) electrons. The van der Waals surface area contributed by atoms with Gasteiger partial charge >= 0.3 is 0 Å². The molecule has 0 fully saturated rings. The Morgan fingerprint density at radius 3 is 2.43 bits per heavy atom. The van der Waals surface area contributed by atoms with E-state index in [0.29, 0.717) is 10.0 Å². The Morgan fingerprint density at radius 1 is 1.43 bits per heavy atom. The molecule has 0 heterocycles. The average Bonchev–Trinajstić information content (AvgIpc) is 2.12. The van der Waals surface area contributed by atoms with E-state index >= 15 is 0 Å². The van der Waals surface area contributed by atoms with Gasteiger partial charge in [0, 0.05) is 19.7 Å². The molecule has 0 atom stereocenters. The Labute approximate surface area is 90.8 Å². The number of amides is 1. The second kappa shape index (κ2) is 4.09. The zero-order valence-electron chi connectivity index (χ0n) is 8.27. The van der Waals surface area contributed by atoms with Gasteiger partial charge in [-0.15, -0.1) is 0 Å². The van der Waals surface area contributed by atoms with Gasteiger partial charge in [-0.2, -0.15) is 0 Å². The van der Waals surface area contributed by atoms with Crippen LogP contribution in [0.1, 0.15) is 15.9 Å². The third kappa shape index (κ3) is 2.12. The number of hydrogen-bond acceptors (Lipinski definition) is 1. The largest absolute Gasteiger partial charge is 0.345 e. The van der Waals surface area contributed by atoms with E-state index in [0.717, 1.165) is 5.56 Å². The van der Waals surface area contributed by atoms with Crippen molar-refractivity contribution in [1.82, 2.24) is 4.90 Å². The fourth-order valence-electron chi connectivity index (χ4n) is 1.11. The molecule has 1 aromatic carbocycles. The minimum Gasteiger partial charge on any atom is -0.345 e. The van der Waals surface area contributed by atoms with Crippen LogP contribution in [0, 0.1) is 12.7 Å². The predicted molar refractivity (Wildman–Crippen MR) is 56.9 cm³/mol. The van der Waals surface area contributed by atoms with Gasteiger partial charge in [0.2, 0.25) is 0 Å². The van der Waals surface area contributed by atoms with Crippen molar-refractivity contribution in [1.29, 1.82) is 0 Å². The van der Waals surface area contributed by atoms with Gasteiger partial charge in [-0.05, 0) is 40.5 Å². The molecular formula is C10H11BrFNO. The summed E-state index contributed by atoms with van der Waals surface area (Å²) < 4.78 is 13.7. The van der Waals surface area contributed by atoms with E-state index in [1.54, 1.807) is 27.1 Å². The highest BCUT2D eigenvalue weighted by Gasteiger charge is 2.12. The molecule has 0 aliphatic heterocycles. The first kappa shape index (κ1) is 11.2. The Morgan fingerprint density at radius 2 is 2.00 bits per heavy atom. The molecule has 1 amide bonds. The van der Waals surface area contributed by atoms with Gasteiger partial charge in [0.15, 0.2) is 0 Å². The molecule has 0 N–H and O–H groups in total. The van der Waals surface area contributed by atoms with Gasteiger partial charge in [0.05, 0.1) is 4.47 Å². The zero-order chi connectivity index (χ0) is 10.9. The first-order chi connectivity index (χ1) is 6.43. The second-order valence-electron chi connectivity index (χ2n) is 3.29. The molecule has 0 saturated heterocycles. The van der Waals surface area contributed by atoms with Crippen LogP contribution in [0.4, 0.5) is 4.39 Å². The highest BCUT2D eigenvalue weighted by atomic mass is 79.9. The van der Waals surface area contributed by atoms with Crippen molar-refractivity contribution >= 4 is 21.8 Å². The summed E-state index contributed by atoms with van der Waals surface area (Å²) in [7, 11) is 3.27. The highest BCUT2D eigenvalue weighted by Crippen LogP contribution is 2.22. The van der Waals surface area contributed by atoms with E-state index in [-0.39, 0.29) is 5.91 Å². The number of halogens is 2. The van der Waals surface area contributed by atoms with E-state index in [2.05, 4.69) is 15.9 Å². The van der Waals surface area contributed by atoms with Gasteiger partial charge < -0.3 is 4.90 Å². The lowest BCUT2D eigenvalue weighted by Gasteiger charge is -2.11. The maximum absolute atomic E-state index is 13.2. The molecule has 4 heteroatoms. The van der Waals surface area contributed by atoms with E-state index in [9.17, 15) is 9.18 Å². The molecule has 0 saturated carbocycles. The summed E-state index contributed by atoms with van der Waals surface area (Å²) in [4.78, 5) is 12.9. The van der Waals surface area contributed by atoms with Crippen LogP contribution < -0.4 is 0 Å². The lowest BCUT2D eigenvalue weighted by molar-refractivity contribution is 0.0827. The average molecular weight is 260 g/mol. The quantitative estimate of drug-likeness (QED) is 0.760. The Bertz CT molecular complexity index is 353. The van der Waals surface area contributed by atoms with Crippen LogP contribution in [0.25, 0.3) is 0 Å². The number of rotatable bonds is 1. The number of benzene rings is 1. The molecule has 1 aromatic rings. The molecule has 0 aromatic heterocycles. The maximum atomic E-state index is 13.2. The molecule has 1 rings (SSSR count).